The summed E-state index contributed by atoms with van der Waals surface area (Å²) >= 11 is 1.81. The average Bonchev–Trinajstić information content (AvgIpc) is 2.35. The predicted octanol–water partition coefficient (Wildman–Crippen LogP) is 2.15. The van der Waals surface area contributed by atoms with Gasteiger partial charge >= 0.3 is 0 Å². The summed E-state index contributed by atoms with van der Waals surface area (Å²) in [6.07, 6.45) is 3.14. The van der Waals surface area contributed by atoms with Crippen LogP contribution in [0.25, 0.3) is 0 Å². The third kappa shape index (κ3) is 5.10. The highest BCUT2D eigenvalue weighted by molar-refractivity contribution is 7.98. The topological polar surface area (TPSA) is 73.1 Å². The second kappa shape index (κ2) is 8.16. The van der Waals surface area contributed by atoms with Gasteiger partial charge in [-0.05, 0) is 19.6 Å². The van der Waals surface area contributed by atoms with Crippen LogP contribution in [0.2, 0.25) is 0 Å². The molecule has 1 atom stereocenters. The van der Waals surface area contributed by atoms with E-state index in [0.717, 1.165) is 18.0 Å². The summed E-state index contributed by atoms with van der Waals surface area (Å²) in [5.41, 5.74) is 5.77. The fourth-order valence-electron chi connectivity index (χ4n) is 1.52. The van der Waals surface area contributed by atoms with Crippen molar-refractivity contribution in [2.24, 2.45) is 0 Å². The second-order valence-electron chi connectivity index (χ2n) is 3.94. The fourth-order valence-corrected chi connectivity index (χ4v) is 2.24. The van der Waals surface area contributed by atoms with Crippen LogP contribution in [0.15, 0.2) is 6.07 Å². The van der Waals surface area contributed by atoms with Crippen molar-refractivity contribution < 1.29 is 4.74 Å². The maximum Gasteiger partial charge on any atom is 0.158 e. The van der Waals surface area contributed by atoms with Crippen LogP contribution in [-0.2, 0) is 11.3 Å². The van der Waals surface area contributed by atoms with E-state index in [9.17, 15) is 0 Å². The Hall–Kier alpha value is -1.01. The molecule has 0 aliphatic carbocycles. The standard InChI is InChI=1S/C12H22N4OS/c1-4-9(8-18-3)14-11-6-10(13)15-12(16-11)7-17-5-2/h6,9H,4-5,7-8H2,1-3H3,(H3,13,14,15,16). The van der Waals surface area contributed by atoms with E-state index in [1.165, 1.54) is 0 Å². The number of nitrogens with zero attached hydrogens (tertiary/aromatic N) is 2. The smallest absolute Gasteiger partial charge is 0.158 e. The largest absolute Gasteiger partial charge is 0.384 e. The van der Waals surface area contributed by atoms with Gasteiger partial charge in [-0.2, -0.15) is 11.8 Å². The minimum Gasteiger partial charge on any atom is -0.384 e. The Morgan fingerprint density at radius 1 is 1.44 bits per heavy atom. The Balaban J connectivity index is 2.71. The lowest BCUT2D eigenvalue weighted by molar-refractivity contribution is 0.128. The summed E-state index contributed by atoms with van der Waals surface area (Å²) in [6.45, 7) is 5.14. The summed E-state index contributed by atoms with van der Waals surface area (Å²) in [5, 5.41) is 3.38. The molecule has 0 aliphatic rings. The SMILES string of the molecule is CCOCc1nc(N)cc(NC(CC)CSC)n1. The molecule has 0 aromatic carbocycles. The molecule has 0 aliphatic heterocycles. The summed E-state index contributed by atoms with van der Waals surface area (Å²) in [7, 11) is 0. The van der Waals surface area contributed by atoms with Crippen molar-refractivity contribution in [3.63, 3.8) is 0 Å². The molecule has 3 N–H and O–H groups in total. The van der Waals surface area contributed by atoms with Gasteiger partial charge in [-0.25, -0.2) is 9.97 Å². The van der Waals surface area contributed by atoms with E-state index < -0.39 is 0 Å². The van der Waals surface area contributed by atoms with Crippen molar-refractivity contribution in [3.05, 3.63) is 11.9 Å². The number of aromatic nitrogens is 2. The van der Waals surface area contributed by atoms with Crippen LogP contribution < -0.4 is 11.1 Å². The highest BCUT2D eigenvalue weighted by Crippen LogP contribution is 2.13. The predicted molar refractivity (Wildman–Crippen MR) is 77.9 cm³/mol. The zero-order valence-corrected chi connectivity index (χ0v) is 12.1. The Kier molecular flexibility index (Phi) is 6.82. The van der Waals surface area contributed by atoms with E-state index in [4.69, 9.17) is 10.5 Å². The molecule has 1 heterocycles. The summed E-state index contributed by atoms with van der Waals surface area (Å²) in [5.74, 6) is 2.92. The van der Waals surface area contributed by atoms with E-state index in [0.29, 0.717) is 30.9 Å². The zero-order valence-electron chi connectivity index (χ0n) is 11.3. The molecular formula is C12H22N4OS. The van der Waals surface area contributed by atoms with Crippen molar-refractivity contribution in [2.75, 3.05) is 29.7 Å². The number of anilines is 2. The highest BCUT2D eigenvalue weighted by Gasteiger charge is 2.08. The Morgan fingerprint density at radius 3 is 2.83 bits per heavy atom. The van der Waals surface area contributed by atoms with Gasteiger partial charge in [0.1, 0.15) is 18.2 Å². The molecule has 1 unspecified atom stereocenters. The van der Waals surface area contributed by atoms with E-state index in [1.54, 1.807) is 6.07 Å². The van der Waals surface area contributed by atoms with Gasteiger partial charge in [0, 0.05) is 24.5 Å². The molecule has 1 aromatic rings. The van der Waals surface area contributed by atoms with Crippen molar-refractivity contribution >= 4 is 23.4 Å². The molecule has 5 nitrogen and oxygen atoms in total. The van der Waals surface area contributed by atoms with Gasteiger partial charge in [0.25, 0.3) is 0 Å². The number of rotatable bonds is 8. The number of nitrogens with one attached hydrogen (secondary N) is 1. The summed E-state index contributed by atoms with van der Waals surface area (Å²) in [4.78, 5) is 8.55. The molecule has 0 bridgehead atoms. The molecule has 0 radical (unpaired) electrons. The third-order valence-corrected chi connectivity index (χ3v) is 3.18. The number of hydrogen-bond donors (Lipinski definition) is 2. The van der Waals surface area contributed by atoms with Gasteiger partial charge in [0.15, 0.2) is 5.82 Å². The Morgan fingerprint density at radius 2 is 2.22 bits per heavy atom. The van der Waals surface area contributed by atoms with Crippen LogP contribution in [0.1, 0.15) is 26.1 Å². The lowest BCUT2D eigenvalue weighted by atomic mass is 10.2. The van der Waals surface area contributed by atoms with E-state index in [2.05, 4.69) is 28.5 Å². The third-order valence-electron chi connectivity index (χ3n) is 2.44. The summed E-state index contributed by atoms with van der Waals surface area (Å²) < 4.78 is 5.30. The second-order valence-corrected chi connectivity index (χ2v) is 4.85. The zero-order chi connectivity index (χ0) is 13.4. The van der Waals surface area contributed by atoms with Gasteiger partial charge in [-0.1, -0.05) is 6.92 Å². The van der Waals surface area contributed by atoms with Crippen LogP contribution in [-0.4, -0.2) is 34.6 Å². The van der Waals surface area contributed by atoms with Gasteiger partial charge in [-0.15, -0.1) is 0 Å². The molecule has 0 saturated heterocycles. The van der Waals surface area contributed by atoms with E-state index >= 15 is 0 Å². The number of thioether (sulfide) groups is 1. The lowest BCUT2D eigenvalue weighted by Gasteiger charge is -2.17. The Bertz CT molecular complexity index is 362. The maximum atomic E-state index is 5.77. The minimum atomic E-state index is 0.397. The lowest BCUT2D eigenvalue weighted by Crippen LogP contribution is -2.22. The molecule has 0 amide bonds. The molecule has 1 rings (SSSR count). The van der Waals surface area contributed by atoms with Crippen LogP contribution in [0, 0.1) is 0 Å². The molecule has 1 aromatic heterocycles. The van der Waals surface area contributed by atoms with Crippen molar-refractivity contribution in [1.82, 2.24) is 9.97 Å². The van der Waals surface area contributed by atoms with Gasteiger partial charge in [0.2, 0.25) is 0 Å². The first-order chi connectivity index (χ1) is 8.69. The first-order valence-corrected chi connectivity index (χ1v) is 7.55. The van der Waals surface area contributed by atoms with E-state index in [1.807, 2.05) is 18.7 Å². The van der Waals surface area contributed by atoms with Crippen LogP contribution >= 0.6 is 11.8 Å². The van der Waals surface area contributed by atoms with Crippen molar-refractivity contribution in [1.29, 1.82) is 0 Å². The molecule has 0 fully saturated rings. The molecule has 18 heavy (non-hydrogen) atoms. The first kappa shape index (κ1) is 15.0. The number of nitrogen functional groups attached to an aromatic ring is 1. The van der Waals surface area contributed by atoms with Crippen molar-refractivity contribution in [3.8, 4) is 0 Å². The number of hydrogen-bond acceptors (Lipinski definition) is 6. The number of ether oxygens (including phenoxy) is 1. The molecule has 0 saturated carbocycles. The van der Waals surface area contributed by atoms with Crippen molar-refractivity contribution in [2.45, 2.75) is 32.9 Å². The first-order valence-electron chi connectivity index (χ1n) is 6.16. The quantitative estimate of drug-likeness (QED) is 0.754. The fraction of sp³-hybridized carbons (Fsp3) is 0.667. The highest BCUT2D eigenvalue weighted by atomic mass is 32.2. The molecule has 102 valence electrons. The van der Waals surface area contributed by atoms with E-state index in [-0.39, 0.29) is 0 Å². The molecule has 6 heteroatoms. The summed E-state index contributed by atoms with van der Waals surface area (Å²) in [6, 6.07) is 2.16. The van der Waals surface area contributed by atoms with Gasteiger partial charge < -0.3 is 15.8 Å². The Labute approximate surface area is 113 Å². The van der Waals surface area contributed by atoms with Gasteiger partial charge in [0.05, 0.1) is 0 Å². The van der Waals surface area contributed by atoms with Crippen LogP contribution in [0.5, 0.6) is 0 Å². The monoisotopic (exact) mass is 270 g/mol. The minimum absolute atomic E-state index is 0.397. The number of nitrogens with two attached hydrogens (primary N) is 1. The molecular weight excluding hydrogens is 248 g/mol. The maximum absolute atomic E-state index is 5.77. The van der Waals surface area contributed by atoms with Crippen LogP contribution in [0.4, 0.5) is 11.6 Å². The van der Waals surface area contributed by atoms with Gasteiger partial charge in [-0.3, -0.25) is 0 Å². The van der Waals surface area contributed by atoms with Crippen LogP contribution in [0.3, 0.4) is 0 Å². The average molecular weight is 270 g/mol. The normalized spacial score (nSPS) is 12.4. The molecule has 0 spiro atoms.